The molecule has 2 heterocycles. The summed E-state index contributed by atoms with van der Waals surface area (Å²) in [5.74, 6) is 0. The molecule has 1 aromatic heterocycles. The Balaban J connectivity index is 2.03. The summed E-state index contributed by atoms with van der Waals surface area (Å²) in [6.45, 7) is 6.65. The van der Waals surface area contributed by atoms with Gasteiger partial charge in [0.05, 0.1) is 13.1 Å². The molecule has 4 nitrogen and oxygen atoms in total. The van der Waals surface area contributed by atoms with Crippen molar-refractivity contribution in [2.75, 3.05) is 0 Å². The third kappa shape index (κ3) is 2.59. The lowest BCUT2D eigenvalue weighted by molar-refractivity contribution is 0.0242. The Morgan fingerprint density at radius 1 is 1.53 bits per heavy atom. The number of rotatable bonds is 0. The van der Waals surface area contributed by atoms with Crippen molar-refractivity contribution in [1.29, 1.82) is 5.26 Å². The Hall–Kier alpha value is -1.54. The maximum absolute atomic E-state index is 11.8. The SMILES string of the molecule is CC(C)(C)OC(=O)N1Cc2cc(C#N)sc2C1. The van der Waals surface area contributed by atoms with Crippen LogP contribution in [0.1, 0.15) is 36.1 Å². The van der Waals surface area contributed by atoms with E-state index in [2.05, 4.69) is 6.07 Å². The van der Waals surface area contributed by atoms with Crippen molar-refractivity contribution < 1.29 is 9.53 Å². The normalized spacial score (nSPS) is 14.4. The average molecular weight is 250 g/mol. The van der Waals surface area contributed by atoms with E-state index in [0.717, 1.165) is 10.4 Å². The van der Waals surface area contributed by atoms with E-state index in [0.29, 0.717) is 18.0 Å². The van der Waals surface area contributed by atoms with Gasteiger partial charge in [-0.25, -0.2) is 4.79 Å². The highest BCUT2D eigenvalue weighted by atomic mass is 32.1. The minimum atomic E-state index is -0.467. The first-order valence-corrected chi connectivity index (χ1v) is 6.20. The maximum atomic E-state index is 11.8. The highest BCUT2D eigenvalue weighted by molar-refractivity contribution is 7.12. The van der Waals surface area contributed by atoms with Gasteiger partial charge < -0.3 is 4.74 Å². The summed E-state index contributed by atoms with van der Waals surface area (Å²) >= 11 is 1.45. The Labute approximate surface area is 104 Å². The zero-order valence-corrected chi connectivity index (χ0v) is 10.9. The number of amides is 1. The molecule has 90 valence electrons. The molecule has 1 amide bonds. The molecule has 0 unspecified atom stereocenters. The van der Waals surface area contributed by atoms with Gasteiger partial charge in [-0.15, -0.1) is 11.3 Å². The van der Waals surface area contributed by atoms with Gasteiger partial charge in [-0.2, -0.15) is 5.26 Å². The van der Waals surface area contributed by atoms with E-state index >= 15 is 0 Å². The summed E-state index contributed by atoms with van der Waals surface area (Å²) in [7, 11) is 0. The predicted molar refractivity (Wildman–Crippen MR) is 64.5 cm³/mol. The van der Waals surface area contributed by atoms with Crippen molar-refractivity contribution >= 4 is 17.4 Å². The summed E-state index contributed by atoms with van der Waals surface area (Å²) in [5, 5.41) is 8.78. The number of ether oxygens (including phenoxy) is 1. The molecule has 0 atom stereocenters. The number of fused-ring (bicyclic) bond motifs is 1. The number of nitrogens with zero attached hydrogens (tertiary/aromatic N) is 2. The number of thiophene rings is 1. The Bertz CT molecular complexity index is 470. The van der Waals surface area contributed by atoms with Gasteiger partial charge in [-0.05, 0) is 32.4 Å². The molecule has 2 rings (SSSR count). The molecular weight excluding hydrogens is 236 g/mol. The van der Waals surface area contributed by atoms with E-state index < -0.39 is 5.60 Å². The standard InChI is InChI=1S/C12H14N2O2S/c1-12(2,3)16-11(15)14-6-8-4-9(5-13)17-10(8)7-14/h4H,6-7H2,1-3H3. The van der Waals surface area contributed by atoms with Gasteiger partial charge in [0.25, 0.3) is 0 Å². The third-order valence-electron chi connectivity index (χ3n) is 2.35. The van der Waals surface area contributed by atoms with Crippen LogP contribution in [0.15, 0.2) is 6.07 Å². The minimum Gasteiger partial charge on any atom is -0.444 e. The first-order valence-electron chi connectivity index (χ1n) is 5.38. The minimum absolute atomic E-state index is 0.292. The van der Waals surface area contributed by atoms with Crippen LogP contribution in [0.4, 0.5) is 4.79 Å². The van der Waals surface area contributed by atoms with Crippen molar-refractivity contribution in [3.05, 3.63) is 21.4 Å². The van der Waals surface area contributed by atoms with Crippen LogP contribution in [0.2, 0.25) is 0 Å². The third-order valence-corrected chi connectivity index (χ3v) is 3.42. The largest absolute Gasteiger partial charge is 0.444 e. The molecule has 1 aromatic rings. The van der Waals surface area contributed by atoms with Crippen LogP contribution in [0.5, 0.6) is 0 Å². The molecule has 1 aliphatic heterocycles. The molecule has 5 heteroatoms. The molecule has 1 aliphatic rings. The quantitative estimate of drug-likeness (QED) is 0.711. The van der Waals surface area contributed by atoms with Crippen LogP contribution in [0.3, 0.4) is 0 Å². The molecule has 0 spiro atoms. The molecule has 17 heavy (non-hydrogen) atoms. The highest BCUT2D eigenvalue weighted by Gasteiger charge is 2.29. The summed E-state index contributed by atoms with van der Waals surface area (Å²) in [5.41, 5.74) is 0.600. The molecular formula is C12H14N2O2S. The number of hydrogen-bond acceptors (Lipinski definition) is 4. The summed E-state index contributed by atoms with van der Waals surface area (Å²) in [4.78, 5) is 15.3. The molecule has 0 bridgehead atoms. The van der Waals surface area contributed by atoms with Crippen molar-refractivity contribution in [1.82, 2.24) is 4.90 Å². The topological polar surface area (TPSA) is 53.3 Å². The van der Waals surface area contributed by atoms with Gasteiger partial charge in [-0.1, -0.05) is 0 Å². The van der Waals surface area contributed by atoms with E-state index in [1.54, 1.807) is 4.90 Å². The van der Waals surface area contributed by atoms with Crippen molar-refractivity contribution in [3.63, 3.8) is 0 Å². The summed E-state index contributed by atoms with van der Waals surface area (Å²) in [6, 6.07) is 3.97. The Morgan fingerprint density at radius 2 is 2.24 bits per heavy atom. The fourth-order valence-corrected chi connectivity index (χ4v) is 2.67. The molecule has 0 radical (unpaired) electrons. The van der Waals surface area contributed by atoms with Gasteiger partial charge in [0.15, 0.2) is 0 Å². The molecule has 0 saturated carbocycles. The smallest absolute Gasteiger partial charge is 0.410 e. The van der Waals surface area contributed by atoms with Gasteiger partial charge >= 0.3 is 6.09 Å². The van der Waals surface area contributed by atoms with E-state index in [9.17, 15) is 4.79 Å². The van der Waals surface area contributed by atoms with Gasteiger partial charge in [-0.3, -0.25) is 4.90 Å². The van der Waals surface area contributed by atoms with Crippen molar-refractivity contribution in [3.8, 4) is 6.07 Å². The maximum Gasteiger partial charge on any atom is 0.410 e. The van der Waals surface area contributed by atoms with E-state index in [4.69, 9.17) is 10.00 Å². The Morgan fingerprint density at radius 3 is 2.76 bits per heavy atom. The average Bonchev–Trinajstić information content (AvgIpc) is 2.70. The summed E-state index contributed by atoms with van der Waals surface area (Å²) < 4.78 is 5.31. The second kappa shape index (κ2) is 4.04. The van der Waals surface area contributed by atoms with E-state index in [1.165, 1.54) is 11.3 Å². The molecule has 0 aromatic carbocycles. The monoisotopic (exact) mass is 250 g/mol. The zero-order chi connectivity index (χ0) is 12.6. The van der Waals surface area contributed by atoms with Crippen molar-refractivity contribution in [2.24, 2.45) is 0 Å². The number of carbonyl (C=O) groups excluding carboxylic acids is 1. The van der Waals surface area contributed by atoms with Crippen LogP contribution in [0.25, 0.3) is 0 Å². The lowest BCUT2D eigenvalue weighted by Crippen LogP contribution is -2.33. The molecule has 0 aliphatic carbocycles. The van der Waals surface area contributed by atoms with E-state index in [-0.39, 0.29) is 6.09 Å². The first-order chi connectivity index (χ1) is 7.89. The zero-order valence-electron chi connectivity index (χ0n) is 10.1. The fourth-order valence-electron chi connectivity index (χ4n) is 1.68. The van der Waals surface area contributed by atoms with Crippen LogP contribution < -0.4 is 0 Å². The lowest BCUT2D eigenvalue weighted by Gasteiger charge is -2.24. The lowest BCUT2D eigenvalue weighted by atomic mass is 10.2. The number of nitriles is 1. The van der Waals surface area contributed by atoms with Crippen LogP contribution in [-0.2, 0) is 17.8 Å². The van der Waals surface area contributed by atoms with Crippen molar-refractivity contribution in [2.45, 2.75) is 39.5 Å². The first kappa shape index (κ1) is 11.9. The fraction of sp³-hybridized carbons (Fsp3) is 0.500. The van der Waals surface area contributed by atoms with Gasteiger partial charge in [0.2, 0.25) is 0 Å². The highest BCUT2D eigenvalue weighted by Crippen LogP contribution is 2.31. The second-order valence-corrected chi connectivity index (χ2v) is 6.14. The van der Waals surface area contributed by atoms with Crippen LogP contribution >= 0.6 is 11.3 Å². The van der Waals surface area contributed by atoms with Crippen LogP contribution in [0, 0.1) is 11.3 Å². The van der Waals surface area contributed by atoms with Gasteiger partial charge in [0, 0.05) is 4.88 Å². The van der Waals surface area contributed by atoms with Gasteiger partial charge in [0.1, 0.15) is 16.5 Å². The number of hydrogen-bond donors (Lipinski definition) is 0. The predicted octanol–water partition coefficient (Wildman–Crippen LogP) is 2.87. The van der Waals surface area contributed by atoms with Crippen LogP contribution in [-0.4, -0.2) is 16.6 Å². The number of carbonyl (C=O) groups is 1. The summed E-state index contributed by atoms with van der Waals surface area (Å²) in [6.07, 6.45) is -0.292. The Kier molecular flexibility index (Phi) is 2.84. The second-order valence-electron chi connectivity index (χ2n) is 5.01. The molecule has 0 fully saturated rings. The molecule has 0 N–H and O–H groups in total. The van der Waals surface area contributed by atoms with E-state index in [1.807, 2.05) is 26.8 Å². The molecule has 0 saturated heterocycles.